The number of piperazine rings is 1. The smallest absolute Gasteiger partial charge is 0.253 e. The molecule has 28 heavy (non-hydrogen) atoms. The van der Waals surface area contributed by atoms with Crippen molar-refractivity contribution in [1.29, 1.82) is 0 Å². The van der Waals surface area contributed by atoms with Gasteiger partial charge in [0.15, 0.2) is 0 Å². The lowest BCUT2D eigenvalue weighted by molar-refractivity contribution is 0.0664. The fourth-order valence-corrected chi connectivity index (χ4v) is 5.41. The summed E-state index contributed by atoms with van der Waals surface area (Å²) in [5, 5.41) is 0. The van der Waals surface area contributed by atoms with Crippen LogP contribution in [-0.2, 0) is 0 Å². The van der Waals surface area contributed by atoms with E-state index in [-0.39, 0.29) is 11.9 Å². The molecule has 3 aliphatic rings. The summed E-state index contributed by atoms with van der Waals surface area (Å²) >= 11 is 0. The molecule has 0 aromatic heterocycles. The van der Waals surface area contributed by atoms with Gasteiger partial charge in [-0.15, -0.1) is 0 Å². The first-order valence-corrected chi connectivity index (χ1v) is 11.1. The van der Waals surface area contributed by atoms with Crippen molar-refractivity contribution in [3.63, 3.8) is 0 Å². The summed E-state index contributed by atoms with van der Waals surface area (Å²) in [5.41, 5.74) is 10.0. The van der Waals surface area contributed by atoms with E-state index in [1.165, 1.54) is 36.8 Å². The molecule has 5 nitrogen and oxygen atoms in total. The van der Waals surface area contributed by atoms with Crippen molar-refractivity contribution < 1.29 is 4.79 Å². The van der Waals surface area contributed by atoms with Crippen LogP contribution in [0.5, 0.6) is 0 Å². The molecule has 5 heteroatoms. The second-order valence-corrected chi connectivity index (χ2v) is 9.16. The standard InChI is InChI=1S/C23H36N4O/c1-17-15-18(23(28)26-13-11-25(2)12-14-26)7-8-20(17)21-9-10-27(16-22(21)24)19-5-3-4-6-19/h7-8,15,19,21-22H,3-6,9-14,16,24H2,1-2H3. The first kappa shape index (κ1) is 19.9. The van der Waals surface area contributed by atoms with Gasteiger partial charge < -0.3 is 15.5 Å². The molecule has 2 atom stereocenters. The normalized spacial score (nSPS) is 28.0. The van der Waals surface area contributed by atoms with E-state index in [1.807, 2.05) is 11.0 Å². The molecule has 0 radical (unpaired) electrons. The quantitative estimate of drug-likeness (QED) is 0.870. The molecule has 1 amide bonds. The molecule has 2 unspecified atom stereocenters. The molecule has 2 heterocycles. The molecule has 3 fully saturated rings. The van der Waals surface area contributed by atoms with E-state index in [0.717, 1.165) is 57.3 Å². The Labute approximate surface area is 169 Å². The average Bonchev–Trinajstić information content (AvgIpc) is 3.23. The molecular weight excluding hydrogens is 348 g/mol. The maximum Gasteiger partial charge on any atom is 0.253 e. The van der Waals surface area contributed by atoms with Gasteiger partial charge in [-0.2, -0.15) is 0 Å². The molecule has 2 aliphatic heterocycles. The van der Waals surface area contributed by atoms with Gasteiger partial charge in [-0.3, -0.25) is 9.69 Å². The average molecular weight is 385 g/mol. The van der Waals surface area contributed by atoms with E-state index in [1.54, 1.807) is 0 Å². The Hall–Kier alpha value is -1.43. The number of carbonyl (C=O) groups is 1. The Bertz CT molecular complexity index is 692. The number of nitrogens with zero attached hydrogens (tertiary/aromatic N) is 3. The molecule has 2 N–H and O–H groups in total. The van der Waals surface area contributed by atoms with Gasteiger partial charge in [-0.1, -0.05) is 18.9 Å². The number of rotatable bonds is 3. The highest BCUT2D eigenvalue weighted by molar-refractivity contribution is 5.94. The van der Waals surface area contributed by atoms with Crippen LogP contribution < -0.4 is 5.73 Å². The first-order chi connectivity index (χ1) is 13.5. The van der Waals surface area contributed by atoms with Gasteiger partial charge >= 0.3 is 0 Å². The summed E-state index contributed by atoms with van der Waals surface area (Å²) in [6.07, 6.45) is 6.58. The highest BCUT2D eigenvalue weighted by Gasteiger charge is 2.33. The molecule has 0 bridgehead atoms. The Morgan fingerprint density at radius 3 is 2.39 bits per heavy atom. The number of likely N-dealkylation sites (tertiary alicyclic amines) is 1. The van der Waals surface area contributed by atoms with Gasteiger partial charge in [-0.25, -0.2) is 0 Å². The van der Waals surface area contributed by atoms with Crippen molar-refractivity contribution in [1.82, 2.24) is 14.7 Å². The van der Waals surface area contributed by atoms with E-state index < -0.39 is 0 Å². The Balaban J connectivity index is 1.42. The molecule has 1 aliphatic carbocycles. The van der Waals surface area contributed by atoms with Gasteiger partial charge in [-0.05, 0) is 63.0 Å². The molecule has 0 spiro atoms. The van der Waals surface area contributed by atoms with Crippen molar-refractivity contribution in [2.75, 3.05) is 46.3 Å². The first-order valence-electron chi connectivity index (χ1n) is 11.1. The fraction of sp³-hybridized carbons (Fsp3) is 0.696. The van der Waals surface area contributed by atoms with Gasteiger partial charge in [0.1, 0.15) is 0 Å². The van der Waals surface area contributed by atoms with Crippen LogP contribution in [0.2, 0.25) is 0 Å². The third-order valence-electron chi connectivity index (χ3n) is 7.24. The topological polar surface area (TPSA) is 52.8 Å². The van der Waals surface area contributed by atoms with Crippen LogP contribution in [-0.4, -0.2) is 79.0 Å². The summed E-state index contributed by atoms with van der Waals surface area (Å²) in [6, 6.07) is 7.24. The van der Waals surface area contributed by atoms with Crippen LogP contribution >= 0.6 is 0 Å². The highest BCUT2D eigenvalue weighted by Crippen LogP contribution is 2.33. The SMILES string of the molecule is Cc1cc(C(=O)N2CCN(C)CC2)ccc1C1CCN(C2CCCC2)CC1N. The molecule has 4 rings (SSSR count). The fourth-order valence-electron chi connectivity index (χ4n) is 5.41. The van der Waals surface area contributed by atoms with Gasteiger partial charge in [0, 0.05) is 56.3 Å². The Morgan fingerprint density at radius 2 is 1.75 bits per heavy atom. The second kappa shape index (κ2) is 8.52. The van der Waals surface area contributed by atoms with E-state index in [2.05, 4.69) is 35.9 Å². The number of carbonyl (C=O) groups excluding carboxylic acids is 1. The van der Waals surface area contributed by atoms with Crippen molar-refractivity contribution in [2.45, 2.75) is 57.0 Å². The van der Waals surface area contributed by atoms with Crippen LogP contribution in [0.1, 0.15) is 59.5 Å². The summed E-state index contributed by atoms with van der Waals surface area (Å²) < 4.78 is 0. The van der Waals surface area contributed by atoms with Crippen molar-refractivity contribution in [3.05, 3.63) is 34.9 Å². The third kappa shape index (κ3) is 4.12. The van der Waals surface area contributed by atoms with Crippen molar-refractivity contribution >= 4 is 5.91 Å². The minimum absolute atomic E-state index is 0.170. The van der Waals surface area contributed by atoms with Gasteiger partial charge in [0.2, 0.25) is 0 Å². The van der Waals surface area contributed by atoms with Crippen LogP contribution in [0, 0.1) is 6.92 Å². The number of nitrogens with two attached hydrogens (primary N) is 1. The summed E-state index contributed by atoms with van der Waals surface area (Å²) in [4.78, 5) is 19.8. The van der Waals surface area contributed by atoms with E-state index in [9.17, 15) is 4.79 Å². The number of benzene rings is 1. The zero-order valence-corrected chi connectivity index (χ0v) is 17.6. The third-order valence-corrected chi connectivity index (χ3v) is 7.24. The van der Waals surface area contributed by atoms with Crippen molar-refractivity contribution in [3.8, 4) is 0 Å². The minimum atomic E-state index is 0.170. The zero-order chi connectivity index (χ0) is 19.7. The predicted octanol–water partition coefficient (Wildman–Crippen LogP) is 2.44. The lowest BCUT2D eigenvalue weighted by atomic mass is 9.82. The molecule has 154 valence electrons. The van der Waals surface area contributed by atoms with Crippen LogP contribution in [0.3, 0.4) is 0 Å². The van der Waals surface area contributed by atoms with E-state index in [4.69, 9.17) is 5.73 Å². The number of hydrogen-bond donors (Lipinski definition) is 1. The van der Waals surface area contributed by atoms with E-state index >= 15 is 0 Å². The molecule has 2 saturated heterocycles. The summed E-state index contributed by atoms with van der Waals surface area (Å²) in [5.74, 6) is 0.577. The predicted molar refractivity (Wildman–Crippen MR) is 114 cm³/mol. The Kier molecular flexibility index (Phi) is 6.04. The van der Waals surface area contributed by atoms with Crippen LogP contribution in [0.15, 0.2) is 18.2 Å². The largest absolute Gasteiger partial charge is 0.336 e. The molecular formula is C23H36N4O. The van der Waals surface area contributed by atoms with E-state index in [0.29, 0.717) is 5.92 Å². The number of aryl methyl sites for hydroxylation is 1. The number of amides is 1. The van der Waals surface area contributed by atoms with Crippen LogP contribution in [0.4, 0.5) is 0 Å². The summed E-state index contributed by atoms with van der Waals surface area (Å²) in [6.45, 7) is 7.86. The maximum atomic E-state index is 12.9. The van der Waals surface area contributed by atoms with Crippen molar-refractivity contribution in [2.24, 2.45) is 5.73 Å². The monoisotopic (exact) mass is 384 g/mol. The maximum absolute atomic E-state index is 12.9. The highest BCUT2D eigenvalue weighted by atomic mass is 16.2. The molecule has 1 aromatic carbocycles. The zero-order valence-electron chi connectivity index (χ0n) is 17.6. The second-order valence-electron chi connectivity index (χ2n) is 9.16. The van der Waals surface area contributed by atoms with Gasteiger partial charge in [0.05, 0.1) is 0 Å². The molecule has 1 saturated carbocycles. The number of hydrogen-bond acceptors (Lipinski definition) is 4. The Morgan fingerprint density at radius 1 is 1.04 bits per heavy atom. The number of piperidine rings is 1. The number of likely N-dealkylation sites (N-methyl/N-ethyl adjacent to an activating group) is 1. The summed E-state index contributed by atoms with van der Waals surface area (Å²) in [7, 11) is 2.11. The molecule has 1 aromatic rings. The van der Waals surface area contributed by atoms with Gasteiger partial charge in [0.25, 0.3) is 5.91 Å². The van der Waals surface area contributed by atoms with Crippen LogP contribution in [0.25, 0.3) is 0 Å². The minimum Gasteiger partial charge on any atom is -0.336 e. The lowest BCUT2D eigenvalue weighted by Crippen LogP contribution is -2.50. The lowest BCUT2D eigenvalue weighted by Gasteiger charge is -2.40.